The highest BCUT2D eigenvalue weighted by Gasteiger charge is 2.49. The fraction of sp³-hybridized carbons (Fsp3) is 0.500. The number of carboxylic acid groups (broad SMARTS) is 1. The van der Waals surface area contributed by atoms with Crippen LogP contribution in [-0.4, -0.2) is 35.1 Å². The number of carboxylic acids is 1. The zero-order valence-electron chi connectivity index (χ0n) is 11.1. The zero-order chi connectivity index (χ0) is 14.7. The van der Waals surface area contributed by atoms with Gasteiger partial charge in [0.2, 0.25) is 0 Å². The quantitative estimate of drug-likeness (QED) is 0.834. The molecule has 1 aromatic rings. The summed E-state index contributed by atoms with van der Waals surface area (Å²) < 4.78 is 5.37. The van der Waals surface area contributed by atoms with Crippen LogP contribution in [0.3, 0.4) is 0 Å². The SMILES string of the molecule is O=C(O)c1c(N2C(=O)C3CCC(O3)C2=O)sc2c1CCC2. The molecule has 2 bridgehead atoms. The second-order valence-corrected chi connectivity index (χ2v) is 6.63. The van der Waals surface area contributed by atoms with Gasteiger partial charge < -0.3 is 9.84 Å². The molecule has 2 unspecified atom stereocenters. The van der Waals surface area contributed by atoms with Crippen molar-refractivity contribution in [2.24, 2.45) is 0 Å². The van der Waals surface area contributed by atoms with E-state index in [9.17, 15) is 19.5 Å². The van der Waals surface area contributed by atoms with Gasteiger partial charge in [-0.2, -0.15) is 0 Å². The van der Waals surface area contributed by atoms with E-state index in [-0.39, 0.29) is 10.6 Å². The molecule has 2 fully saturated rings. The Bertz CT molecular complexity index is 657. The number of rotatable bonds is 2. The van der Waals surface area contributed by atoms with Gasteiger partial charge in [0, 0.05) is 4.88 Å². The molecule has 2 atom stereocenters. The van der Waals surface area contributed by atoms with Gasteiger partial charge in [-0.05, 0) is 37.7 Å². The van der Waals surface area contributed by atoms with Crippen molar-refractivity contribution in [3.8, 4) is 0 Å². The van der Waals surface area contributed by atoms with Crippen molar-refractivity contribution < 1.29 is 24.2 Å². The number of aryl methyl sites for hydroxylation is 1. The van der Waals surface area contributed by atoms with Gasteiger partial charge in [-0.25, -0.2) is 9.69 Å². The van der Waals surface area contributed by atoms with Crippen LogP contribution in [0.15, 0.2) is 0 Å². The molecule has 2 aliphatic heterocycles. The maximum absolute atomic E-state index is 12.4. The maximum Gasteiger partial charge on any atom is 0.339 e. The summed E-state index contributed by atoms with van der Waals surface area (Å²) in [5.74, 6) is -1.91. The van der Waals surface area contributed by atoms with Crippen LogP contribution in [0, 0.1) is 0 Å². The van der Waals surface area contributed by atoms with Crippen LogP contribution in [-0.2, 0) is 27.2 Å². The van der Waals surface area contributed by atoms with E-state index in [1.807, 2.05) is 0 Å². The van der Waals surface area contributed by atoms with Crippen LogP contribution in [0.4, 0.5) is 5.00 Å². The number of ether oxygens (including phenoxy) is 1. The molecule has 3 heterocycles. The molecule has 3 aliphatic rings. The first-order chi connectivity index (χ1) is 10.1. The Hall–Kier alpha value is -1.73. The Labute approximate surface area is 124 Å². The molecule has 1 N–H and O–H groups in total. The van der Waals surface area contributed by atoms with E-state index in [0.29, 0.717) is 19.3 Å². The summed E-state index contributed by atoms with van der Waals surface area (Å²) in [5, 5.41) is 9.78. The molecule has 4 rings (SSSR count). The number of carbonyl (C=O) groups excluding carboxylic acids is 2. The first kappa shape index (κ1) is 13.0. The number of aromatic carboxylic acids is 1. The van der Waals surface area contributed by atoms with Crippen LogP contribution in [0.5, 0.6) is 0 Å². The fourth-order valence-electron chi connectivity index (χ4n) is 3.37. The van der Waals surface area contributed by atoms with Gasteiger partial charge >= 0.3 is 5.97 Å². The predicted octanol–water partition coefficient (Wildman–Crippen LogP) is 1.36. The molecule has 7 heteroatoms. The summed E-state index contributed by atoms with van der Waals surface area (Å²) in [6.45, 7) is 0. The highest BCUT2D eigenvalue weighted by Crippen LogP contribution is 2.43. The number of carbonyl (C=O) groups is 3. The summed E-state index contributed by atoms with van der Waals surface area (Å²) >= 11 is 1.27. The van der Waals surface area contributed by atoms with Gasteiger partial charge in [0.05, 0.1) is 5.56 Å². The van der Waals surface area contributed by atoms with Crippen LogP contribution in [0.2, 0.25) is 0 Å². The molecule has 2 amide bonds. The molecule has 21 heavy (non-hydrogen) atoms. The van der Waals surface area contributed by atoms with Gasteiger partial charge in [-0.15, -0.1) is 11.3 Å². The molecule has 6 nitrogen and oxygen atoms in total. The lowest BCUT2D eigenvalue weighted by molar-refractivity contribution is -0.146. The number of nitrogens with zero attached hydrogens (tertiary/aromatic N) is 1. The standard InChI is InChI=1S/C14H13NO5S/c16-11-7-4-5-8(20-7)12(17)15(11)13-10(14(18)19)6-2-1-3-9(6)21-13/h7-8H,1-5H2,(H,18,19). The minimum absolute atomic E-state index is 0.135. The topological polar surface area (TPSA) is 83.9 Å². The lowest BCUT2D eigenvalue weighted by Gasteiger charge is -2.29. The molecule has 110 valence electrons. The lowest BCUT2D eigenvalue weighted by Crippen LogP contribution is -2.52. The summed E-state index contributed by atoms with van der Waals surface area (Å²) in [7, 11) is 0. The third-order valence-corrected chi connectivity index (χ3v) is 5.61. The first-order valence-electron chi connectivity index (χ1n) is 6.99. The van der Waals surface area contributed by atoms with Crippen molar-refractivity contribution >= 4 is 34.1 Å². The maximum atomic E-state index is 12.4. The average molecular weight is 307 g/mol. The second-order valence-electron chi connectivity index (χ2n) is 5.55. The van der Waals surface area contributed by atoms with Crippen molar-refractivity contribution in [3.63, 3.8) is 0 Å². The Morgan fingerprint density at radius 1 is 1.19 bits per heavy atom. The van der Waals surface area contributed by atoms with Crippen molar-refractivity contribution in [2.75, 3.05) is 4.90 Å². The number of morpholine rings is 1. The van der Waals surface area contributed by atoms with Gasteiger partial charge in [0.25, 0.3) is 11.8 Å². The number of hydrogen-bond donors (Lipinski definition) is 1. The summed E-state index contributed by atoms with van der Waals surface area (Å²) in [6.07, 6.45) is 2.29. The van der Waals surface area contributed by atoms with E-state index in [4.69, 9.17) is 4.74 Å². The molecule has 1 aliphatic carbocycles. The van der Waals surface area contributed by atoms with Gasteiger partial charge in [0.15, 0.2) is 0 Å². The predicted molar refractivity (Wildman–Crippen MR) is 73.7 cm³/mol. The minimum Gasteiger partial charge on any atom is -0.478 e. The number of fused-ring (bicyclic) bond motifs is 3. The van der Waals surface area contributed by atoms with E-state index < -0.39 is 30.0 Å². The summed E-state index contributed by atoms with van der Waals surface area (Å²) in [6, 6.07) is 0. The van der Waals surface area contributed by atoms with Crippen molar-refractivity contribution in [1.82, 2.24) is 0 Å². The van der Waals surface area contributed by atoms with Crippen LogP contribution >= 0.6 is 11.3 Å². The number of amides is 2. The zero-order valence-corrected chi connectivity index (χ0v) is 11.9. The Kier molecular flexibility index (Phi) is 2.71. The number of anilines is 1. The largest absolute Gasteiger partial charge is 0.478 e. The number of imide groups is 1. The van der Waals surface area contributed by atoms with Crippen LogP contribution in [0.1, 0.15) is 40.1 Å². The lowest BCUT2D eigenvalue weighted by atomic mass is 10.1. The van der Waals surface area contributed by atoms with E-state index in [1.54, 1.807) is 0 Å². The molecule has 2 saturated heterocycles. The van der Waals surface area contributed by atoms with Crippen molar-refractivity contribution in [1.29, 1.82) is 0 Å². The Morgan fingerprint density at radius 3 is 2.48 bits per heavy atom. The molecule has 0 radical (unpaired) electrons. The van der Waals surface area contributed by atoms with Crippen LogP contribution in [0.25, 0.3) is 0 Å². The van der Waals surface area contributed by atoms with Crippen LogP contribution < -0.4 is 4.90 Å². The van der Waals surface area contributed by atoms with E-state index in [1.165, 1.54) is 11.3 Å². The molecular formula is C14H13NO5S. The average Bonchev–Trinajstić information content (AvgIpc) is 3.10. The third-order valence-electron chi connectivity index (χ3n) is 4.33. The monoisotopic (exact) mass is 307 g/mol. The van der Waals surface area contributed by atoms with Crippen molar-refractivity contribution in [2.45, 2.75) is 44.3 Å². The smallest absolute Gasteiger partial charge is 0.339 e. The highest BCUT2D eigenvalue weighted by atomic mass is 32.1. The summed E-state index contributed by atoms with van der Waals surface area (Å²) in [5.41, 5.74) is 0.928. The highest BCUT2D eigenvalue weighted by molar-refractivity contribution is 7.17. The van der Waals surface area contributed by atoms with Gasteiger partial charge in [-0.3, -0.25) is 9.59 Å². The molecule has 0 aromatic carbocycles. The Balaban J connectivity index is 1.85. The first-order valence-corrected chi connectivity index (χ1v) is 7.80. The van der Waals surface area contributed by atoms with Gasteiger partial charge in [0.1, 0.15) is 17.2 Å². The summed E-state index contributed by atoms with van der Waals surface area (Å²) in [4.78, 5) is 38.4. The molecule has 0 saturated carbocycles. The number of thiophene rings is 1. The number of hydrogen-bond acceptors (Lipinski definition) is 5. The van der Waals surface area contributed by atoms with Gasteiger partial charge in [-0.1, -0.05) is 0 Å². The van der Waals surface area contributed by atoms with E-state index in [0.717, 1.165) is 28.2 Å². The second kappa shape index (κ2) is 4.38. The fourth-order valence-corrected chi connectivity index (χ4v) is 4.76. The molecule has 0 spiro atoms. The van der Waals surface area contributed by atoms with Crippen molar-refractivity contribution in [3.05, 3.63) is 16.0 Å². The van der Waals surface area contributed by atoms with E-state index >= 15 is 0 Å². The minimum atomic E-state index is -1.07. The Morgan fingerprint density at radius 2 is 1.86 bits per heavy atom. The van der Waals surface area contributed by atoms with E-state index in [2.05, 4.69) is 0 Å². The normalized spacial score (nSPS) is 27.3. The molecule has 1 aromatic heterocycles. The molecular weight excluding hydrogens is 294 g/mol. The third kappa shape index (κ3) is 1.70.